The highest BCUT2D eigenvalue weighted by Crippen LogP contribution is 2.20. The van der Waals surface area contributed by atoms with E-state index in [1.807, 2.05) is 25.1 Å². The topological polar surface area (TPSA) is 50.7 Å². The van der Waals surface area contributed by atoms with Crippen molar-refractivity contribution in [3.05, 3.63) is 29.3 Å². The smallest absolute Gasteiger partial charge is 0.240 e. The summed E-state index contributed by atoms with van der Waals surface area (Å²) in [7, 11) is 1.65. The molecule has 1 N–H and O–H groups in total. The Hall–Kier alpha value is -1.84. The summed E-state index contributed by atoms with van der Waals surface area (Å²) in [5.41, 5.74) is 5.53. The molecule has 0 aliphatic carbocycles. The zero-order valence-corrected chi connectivity index (χ0v) is 9.41. The number of hydrogen-bond donors (Lipinski definition) is 1. The van der Waals surface area contributed by atoms with E-state index in [0.29, 0.717) is 12.8 Å². The van der Waals surface area contributed by atoms with Crippen molar-refractivity contribution in [2.45, 2.75) is 19.8 Å². The normalized spacial score (nSPS) is 15.4. The van der Waals surface area contributed by atoms with Gasteiger partial charge in [0.15, 0.2) is 0 Å². The van der Waals surface area contributed by atoms with Crippen molar-refractivity contribution in [2.24, 2.45) is 5.10 Å². The molecule has 2 rings (SSSR count). The third-order valence-corrected chi connectivity index (χ3v) is 2.63. The average Bonchev–Trinajstić information content (AvgIpc) is 2.30. The van der Waals surface area contributed by atoms with E-state index in [4.69, 9.17) is 4.74 Å². The molecule has 84 valence electrons. The highest BCUT2D eigenvalue weighted by Gasteiger charge is 2.13. The minimum absolute atomic E-state index is 0.0195. The zero-order chi connectivity index (χ0) is 11.5. The van der Waals surface area contributed by atoms with Gasteiger partial charge in [-0.2, -0.15) is 5.10 Å². The third-order valence-electron chi connectivity index (χ3n) is 2.63. The van der Waals surface area contributed by atoms with Crippen LogP contribution in [-0.4, -0.2) is 18.7 Å². The van der Waals surface area contributed by atoms with E-state index in [1.54, 1.807) is 7.11 Å². The van der Waals surface area contributed by atoms with Gasteiger partial charge in [-0.25, -0.2) is 5.43 Å². The second-order valence-electron chi connectivity index (χ2n) is 3.78. The summed E-state index contributed by atoms with van der Waals surface area (Å²) in [6, 6.07) is 5.90. The van der Waals surface area contributed by atoms with Crippen LogP contribution >= 0.6 is 0 Å². The first-order valence-electron chi connectivity index (χ1n) is 5.21. The number of carbonyl (C=O) groups is 1. The second kappa shape index (κ2) is 4.35. The zero-order valence-electron chi connectivity index (χ0n) is 9.41. The van der Waals surface area contributed by atoms with Gasteiger partial charge in [0.05, 0.1) is 12.8 Å². The Bertz CT molecular complexity index is 452. The molecule has 4 heteroatoms. The van der Waals surface area contributed by atoms with Crippen LogP contribution in [0.2, 0.25) is 0 Å². The third kappa shape index (κ3) is 2.05. The molecule has 0 unspecified atom stereocenters. The van der Waals surface area contributed by atoms with Crippen molar-refractivity contribution >= 4 is 11.6 Å². The highest BCUT2D eigenvalue weighted by atomic mass is 16.5. The molecule has 1 amide bonds. The van der Waals surface area contributed by atoms with Crippen molar-refractivity contribution in [1.29, 1.82) is 0 Å². The van der Waals surface area contributed by atoms with Gasteiger partial charge in [-0.3, -0.25) is 4.79 Å². The number of carbonyl (C=O) groups excluding carboxylic acids is 1. The quantitative estimate of drug-likeness (QED) is 0.820. The summed E-state index contributed by atoms with van der Waals surface area (Å²) in [6.45, 7) is 1.99. The maximum Gasteiger partial charge on any atom is 0.240 e. The monoisotopic (exact) mass is 218 g/mol. The van der Waals surface area contributed by atoms with Gasteiger partial charge in [-0.1, -0.05) is 0 Å². The van der Waals surface area contributed by atoms with Crippen molar-refractivity contribution in [1.82, 2.24) is 5.43 Å². The van der Waals surface area contributed by atoms with Crippen molar-refractivity contribution in [2.75, 3.05) is 7.11 Å². The van der Waals surface area contributed by atoms with Crippen LogP contribution < -0.4 is 10.2 Å². The molecule has 1 aliphatic heterocycles. The molecular weight excluding hydrogens is 204 g/mol. The van der Waals surface area contributed by atoms with E-state index in [1.165, 1.54) is 0 Å². The van der Waals surface area contributed by atoms with Crippen LogP contribution in [0.4, 0.5) is 0 Å². The Kier molecular flexibility index (Phi) is 2.90. The molecule has 0 fully saturated rings. The lowest BCUT2D eigenvalue weighted by atomic mass is 10.0. The van der Waals surface area contributed by atoms with Gasteiger partial charge in [0, 0.05) is 12.8 Å². The van der Waals surface area contributed by atoms with Crippen LogP contribution in [0.3, 0.4) is 0 Å². The molecule has 1 aromatic carbocycles. The molecule has 0 bridgehead atoms. The molecule has 0 saturated carbocycles. The summed E-state index contributed by atoms with van der Waals surface area (Å²) < 4.78 is 5.19. The number of benzene rings is 1. The molecule has 0 saturated heterocycles. The predicted octanol–water partition coefficient (Wildman–Crippen LogP) is 1.62. The summed E-state index contributed by atoms with van der Waals surface area (Å²) in [5.74, 6) is 0.846. The van der Waals surface area contributed by atoms with Crippen molar-refractivity contribution < 1.29 is 9.53 Å². The molecule has 0 atom stereocenters. The predicted molar refractivity (Wildman–Crippen MR) is 61.6 cm³/mol. The van der Waals surface area contributed by atoms with Gasteiger partial charge in [-0.15, -0.1) is 0 Å². The first kappa shape index (κ1) is 10.7. The first-order valence-corrected chi connectivity index (χ1v) is 5.21. The standard InChI is InChI=1S/C12H14N2O2/c1-8-7-9(3-5-11(8)16-2)10-4-6-12(15)14-13-10/h3,5,7H,4,6H2,1-2H3,(H,14,15). The Balaban J connectivity index is 2.28. The summed E-state index contributed by atoms with van der Waals surface area (Å²) >= 11 is 0. The van der Waals surface area contributed by atoms with Gasteiger partial charge in [-0.05, 0) is 36.2 Å². The maximum atomic E-state index is 11.0. The maximum absolute atomic E-state index is 11.0. The SMILES string of the molecule is COc1ccc(C2=NNC(=O)CC2)cc1C. The number of rotatable bonds is 2. The second-order valence-corrected chi connectivity index (χ2v) is 3.78. The first-order chi connectivity index (χ1) is 7.70. The highest BCUT2D eigenvalue weighted by molar-refractivity contribution is 6.04. The number of nitrogens with one attached hydrogen (secondary N) is 1. The van der Waals surface area contributed by atoms with Gasteiger partial charge in [0.25, 0.3) is 0 Å². The van der Waals surface area contributed by atoms with Crippen LogP contribution in [-0.2, 0) is 4.79 Å². The molecule has 0 spiro atoms. The number of methoxy groups -OCH3 is 1. The molecule has 0 aromatic heterocycles. The largest absolute Gasteiger partial charge is 0.496 e. The minimum atomic E-state index is -0.0195. The number of hydrogen-bond acceptors (Lipinski definition) is 3. The van der Waals surface area contributed by atoms with Crippen LogP contribution in [0.1, 0.15) is 24.0 Å². The van der Waals surface area contributed by atoms with Crippen molar-refractivity contribution in [3.8, 4) is 5.75 Å². The van der Waals surface area contributed by atoms with Crippen LogP contribution in [0, 0.1) is 6.92 Å². The Labute approximate surface area is 94.3 Å². The average molecular weight is 218 g/mol. The number of ether oxygens (including phenoxy) is 1. The fraction of sp³-hybridized carbons (Fsp3) is 0.333. The van der Waals surface area contributed by atoms with Gasteiger partial charge >= 0.3 is 0 Å². The van der Waals surface area contributed by atoms with Crippen LogP contribution in [0.25, 0.3) is 0 Å². The van der Waals surface area contributed by atoms with E-state index in [2.05, 4.69) is 10.5 Å². The summed E-state index contributed by atoms with van der Waals surface area (Å²) in [5, 5.41) is 4.05. The van der Waals surface area contributed by atoms with Crippen molar-refractivity contribution in [3.63, 3.8) is 0 Å². The molecular formula is C12H14N2O2. The number of aryl methyl sites for hydroxylation is 1. The van der Waals surface area contributed by atoms with Crippen LogP contribution in [0.15, 0.2) is 23.3 Å². The van der Waals surface area contributed by atoms with E-state index in [0.717, 1.165) is 22.6 Å². The Morgan fingerprint density at radius 1 is 1.38 bits per heavy atom. The molecule has 4 nitrogen and oxygen atoms in total. The lowest BCUT2D eigenvalue weighted by Gasteiger charge is -2.13. The summed E-state index contributed by atoms with van der Waals surface area (Å²) in [4.78, 5) is 11.0. The van der Waals surface area contributed by atoms with E-state index in [-0.39, 0.29) is 5.91 Å². The fourth-order valence-electron chi connectivity index (χ4n) is 1.74. The van der Waals surface area contributed by atoms with Gasteiger partial charge in [0.1, 0.15) is 5.75 Å². The molecule has 1 aromatic rings. The molecule has 16 heavy (non-hydrogen) atoms. The fourth-order valence-corrected chi connectivity index (χ4v) is 1.74. The summed E-state index contributed by atoms with van der Waals surface area (Å²) in [6.07, 6.45) is 1.20. The number of nitrogens with zero attached hydrogens (tertiary/aromatic N) is 1. The van der Waals surface area contributed by atoms with Crippen LogP contribution in [0.5, 0.6) is 5.75 Å². The minimum Gasteiger partial charge on any atom is -0.496 e. The lowest BCUT2D eigenvalue weighted by Crippen LogP contribution is -2.25. The number of hydrazone groups is 1. The number of amides is 1. The molecule has 1 heterocycles. The Morgan fingerprint density at radius 2 is 2.19 bits per heavy atom. The lowest BCUT2D eigenvalue weighted by molar-refractivity contribution is -0.121. The van der Waals surface area contributed by atoms with Gasteiger partial charge in [0.2, 0.25) is 5.91 Å². The van der Waals surface area contributed by atoms with E-state index >= 15 is 0 Å². The van der Waals surface area contributed by atoms with E-state index < -0.39 is 0 Å². The Morgan fingerprint density at radius 3 is 2.75 bits per heavy atom. The van der Waals surface area contributed by atoms with E-state index in [9.17, 15) is 4.79 Å². The molecule has 0 radical (unpaired) electrons. The van der Waals surface area contributed by atoms with Gasteiger partial charge < -0.3 is 4.74 Å². The molecule has 1 aliphatic rings.